The van der Waals surface area contributed by atoms with Crippen molar-refractivity contribution in [2.45, 2.75) is 37.8 Å². The maximum absolute atomic E-state index is 4.84. The smallest absolute Gasteiger partial charge is 0.106 e. The molecule has 3 heteroatoms. The predicted molar refractivity (Wildman–Crippen MR) is 48.3 cm³/mol. The maximum Gasteiger partial charge on any atom is 0.106 e. The van der Waals surface area contributed by atoms with Crippen molar-refractivity contribution in [1.29, 1.82) is 0 Å². The lowest BCUT2D eigenvalue weighted by atomic mass is 10.0. The predicted octanol–water partition coefficient (Wildman–Crippen LogP) is 1.25. The Morgan fingerprint density at radius 2 is 2.25 bits per heavy atom. The minimum atomic E-state index is 0.573. The van der Waals surface area contributed by atoms with Crippen LogP contribution in [-0.2, 0) is 4.84 Å². The summed E-state index contributed by atoms with van der Waals surface area (Å²) in [5.74, 6) is 0. The van der Waals surface area contributed by atoms with Crippen molar-refractivity contribution >= 4 is 5.71 Å². The topological polar surface area (TPSA) is 24.8 Å². The van der Waals surface area contributed by atoms with Gasteiger partial charge in [0.05, 0.1) is 11.8 Å². The van der Waals surface area contributed by atoms with E-state index in [9.17, 15) is 0 Å². The Morgan fingerprint density at radius 3 is 3.00 bits per heavy atom. The summed E-state index contributed by atoms with van der Waals surface area (Å²) in [6.45, 7) is 0. The lowest BCUT2D eigenvalue weighted by Crippen LogP contribution is -2.42. The van der Waals surface area contributed by atoms with Gasteiger partial charge >= 0.3 is 0 Å². The summed E-state index contributed by atoms with van der Waals surface area (Å²) >= 11 is 0. The molecule has 2 aliphatic rings. The Kier molecular flexibility index (Phi) is 2.05. The molecule has 0 aromatic heterocycles. The first-order valence-electron chi connectivity index (χ1n) is 4.65. The molecule has 0 radical (unpaired) electrons. The Morgan fingerprint density at radius 1 is 1.42 bits per heavy atom. The zero-order chi connectivity index (χ0) is 8.55. The van der Waals surface area contributed by atoms with Gasteiger partial charge in [0.25, 0.3) is 0 Å². The highest BCUT2D eigenvalue weighted by Crippen LogP contribution is 2.32. The first kappa shape index (κ1) is 8.05. The first-order valence-corrected chi connectivity index (χ1v) is 4.65. The fraction of sp³-hybridized carbons (Fsp3) is 0.889. The molecule has 2 rings (SSSR count). The summed E-state index contributed by atoms with van der Waals surface area (Å²) in [5, 5.41) is 4.09. The molecule has 3 nitrogen and oxygen atoms in total. The Hall–Kier alpha value is -0.570. The number of fused-ring (bicyclic) bond motifs is 2. The lowest BCUT2D eigenvalue weighted by Gasteiger charge is -2.31. The molecule has 0 aromatic carbocycles. The van der Waals surface area contributed by atoms with Gasteiger partial charge in [0.1, 0.15) is 7.11 Å². The highest BCUT2D eigenvalue weighted by atomic mass is 16.6. The van der Waals surface area contributed by atoms with Crippen LogP contribution in [0.4, 0.5) is 0 Å². The molecule has 0 saturated carbocycles. The molecule has 0 aromatic rings. The van der Waals surface area contributed by atoms with Gasteiger partial charge in [-0.15, -0.1) is 0 Å². The van der Waals surface area contributed by atoms with E-state index >= 15 is 0 Å². The van der Waals surface area contributed by atoms with Gasteiger partial charge in [0, 0.05) is 6.04 Å². The van der Waals surface area contributed by atoms with E-state index in [2.05, 4.69) is 17.1 Å². The Labute approximate surface area is 73.4 Å². The minimum absolute atomic E-state index is 0.573. The van der Waals surface area contributed by atoms with E-state index in [0.29, 0.717) is 6.04 Å². The van der Waals surface area contributed by atoms with E-state index in [0.717, 1.165) is 12.5 Å². The second-order valence-corrected chi connectivity index (χ2v) is 3.72. The normalized spacial score (nSPS) is 39.0. The van der Waals surface area contributed by atoms with Gasteiger partial charge in [-0.25, -0.2) is 0 Å². The number of hydrogen-bond donors (Lipinski definition) is 0. The van der Waals surface area contributed by atoms with Crippen LogP contribution in [0.2, 0.25) is 0 Å². The second kappa shape index (κ2) is 3.05. The average Bonchev–Trinajstić information content (AvgIpc) is 2.33. The largest absolute Gasteiger partial charge is 0.399 e. The molecule has 68 valence electrons. The van der Waals surface area contributed by atoms with E-state index in [4.69, 9.17) is 4.84 Å². The fourth-order valence-corrected chi connectivity index (χ4v) is 2.47. The van der Waals surface area contributed by atoms with Crippen molar-refractivity contribution < 1.29 is 4.84 Å². The maximum atomic E-state index is 4.84. The molecule has 2 fully saturated rings. The molecule has 2 heterocycles. The van der Waals surface area contributed by atoms with Crippen molar-refractivity contribution in [1.82, 2.24) is 4.90 Å². The standard InChI is InChI=1S/C9H16N2O/c1-11-7-3-5-8(10-12-2)9(11)6-4-7/h7,9H,3-6H2,1-2H3/b10-8-. The summed E-state index contributed by atoms with van der Waals surface area (Å²) in [6, 6.07) is 1.38. The lowest BCUT2D eigenvalue weighted by molar-refractivity contribution is 0.196. The highest BCUT2D eigenvalue weighted by molar-refractivity contribution is 5.90. The summed E-state index contributed by atoms with van der Waals surface area (Å²) < 4.78 is 0. The quantitative estimate of drug-likeness (QED) is 0.550. The molecular weight excluding hydrogens is 152 g/mol. The van der Waals surface area contributed by atoms with Gasteiger partial charge in [0.15, 0.2) is 0 Å². The van der Waals surface area contributed by atoms with E-state index in [1.807, 2.05) is 0 Å². The van der Waals surface area contributed by atoms with Gasteiger partial charge < -0.3 is 4.84 Å². The van der Waals surface area contributed by atoms with Crippen LogP contribution in [-0.4, -0.2) is 36.9 Å². The molecule has 2 unspecified atom stereocenters. The third-order valence-corrected chi connectivity index (χ3v) is 3.17. The molecular formula is C9H16N2O. The second-order valence-electron chi connectivity index (χ2n) is 3.72. The molecule has 0 N–H and O–H groups in total. The van der Waals surface area contributed by atoms with Crippen molar-refractivity contribution in [3.63, 3.8) is 0 Å². The van der Waals surface area contributed by atoms with Gasteiger partial charge in [-0.05, 0) is 32.7 Å². The number of nitrogens with zero attached hydrogens (tertiary/aromatic N) is 2. The molecule has 12 heavy (non-hydrogen) atoms. The van der Waals surface area contributed by atoms with Crippen LogP contribution in [0.15, 0.2) is 5.16 Å². The number of hydrogen-bond acceptors (Lipinski definition) is 3. The van der Waals surface area contributed by atoms with E-state index in [-0.39, 0.29) is 0 Å². The SMILES string of the molecule is CO/N=C1/CCC2CCC1N2C. The van der Waals surface area contributed by atoms with Gasteiger partial charge in [-0.3, -0.25) is 4.90 Å². The fourth-order valence-electron chi connectivity index (χ4n) is 2.47. The van der Waals surface area contributed by atoms with E-state index in [1.54, 1.807) is 7.11 Å². The monoisotopic (exact) mass is 168 g/mol. The average molecular weight is 168 g/mol. The van der Waals surface area contributed by atoms with Crippen molar-refractivity contribution in [2.75, 3.05) is 14.2 Å². The summed E-state index contributed by atoms with van der Waals surface area (Å²) in [5.41, 5.74) is 1.24. The molecule has 0 amide bonds. The minimum Gasteiger partial charge on any atom is -0.399 e. The summed E-state index contributed by atoms with van der Waals surface area (Å²) in [4.78, 5) is 7.29. The highest BCUT2D eigenvalue weighted by Gasteiger charge is 2.38. The zero-order valence-corrected chi connectivity index (χ0v) is 7.79. The Balaban J connectivity index is 2.14. The van der Waals surface area contributed by atoms with Crippen LogP contribution in [0, 0.1) is 0 Å². The Bertz CT molecular complexity index is 203. The van der Waals surface area contributed by atoms with Crippen molar-refractivity contribution in [2.24, 2.45) is 5.16 Å². The number of piperidine rings is 1. The number of rotatable bonds is 1. The van der Waals surface area contributed by atoms with Crippen LogP contribution in [0.3, 0.4) is 0 Å². The van der Waals surface area contributed by atoms with E-state index in [1.165, 1.54) is 25.0 Å². The van der Waals surface area contributed by atoms with Crippen LogP contribution in [0.1, 0.15) is 25.7 Å². The third kappa shape index (κ3) is 1.12. The van der Waals surface area contributed by atoms with Crippen LogP contribution >= 0.6 is 0 Å². The van der Waals surface area contributed by atoms with Crippen molar-refractivity contribution in [3.8, 4) is 0 Å². The van der Waals surface area contributed by atoms with Crippen LogP contribution in [0.25, 0.3) is 0 Å². The van der Waals surface area contributed by atoms with Gasteiger partial charge in [-0.1, -0.05) is 5.16 Å². The molecule has 0 aliphatic carbocycles. The van der Waals surface area contributed by atoms with Crippen LogP contribution in [0.5, 0.6) is 0 Å². The molecule has 2 atom stereocenters. The molecule has 2 aliphatic heterocycles. The molecule has 2 bridgehead atoms. The molecule has 2 saturated heterocycles. The third-order valence-electron chi connectivity index (χ3n) is 3.17. The zero-order valence-electron chi connectivity index (χ0n) is 7.79. The van der Waals surface area contributed by atoms with Gasteiger partial charge in [-0.2, -0.15) is 0 Å². The van der Waals surface area contributed by atoms with Crippen LogP contribution < -0.4 is 0 Å². The van der Waals surface area contributed by atoms with Crippen molar-refractivity contribution in [3.05, 3.63) is 0 Å². The number of oxime groups is 1. The summed E-state index contributed by atoms with van der Waals surface area (Å²) in [7, 11) is 3.83. The van der Waals surface area contributed by atoms with E-state index < -0.39 is 0 Å². The first-order chi connectivity index (χ1) is 5.83. The van der Waals surface area contributed by atoms with Gasteiger partial charge in [0.2, 0.25) is 0 Å². The summed E-state index contributed by atoms with van der Waals surface area (Å²) in [6.07, 6.45) is 5.00. The molecule has 0 spiro atoms.